The maximum Gasteiger partial charge on any atom is 0.155 e. The first kappa shape index (κ1) is 19.0. The number of furan rings is 1. The van der Waals surface area contributed by atoms with Crippen molar-refractivity contribution in [2.45, 2.75) is 0 Å². The molecule has 6 heteroatoms. The molecule has 0 aliphatic heterocycles. The first-order valence-corrected chi connectivity index (χ1v) is 9.61. The van der Waals surface area contributed by atoms with Crippen molar-refractivity contribution in [2.75, 3.05) is 44.4 Å². The molecule has 1 N–H and O–H groups in total. The summed E-state index contributed by atoms with van der Waals surface area (Å²) in [6.45, 7) is 2.01. The average Bonchev–Trinajstić information content (AvgIpc) is 3.16. The molecule has 3 heterocycles. The lowest BCUT2D eigenvalue weighted by atomic mass is 10.1. The molecule has 0 atom stereocenters. The van der Waals surface area contributed by atoms with E-state index < -0.39 is 0 Å². The lowest BCUT2D eigenvalue weighted by Crippen LogP contribution is -2.28. The van der Waals surface area contributed by atoms with E-state index in [9.17, 15) is 0 Å². The summed E-state index contributed by atoms with van der Waals surface area (Å²) >= 11 is 0. The van der Waals surface area contributed by atoms with Gasteiger partial charge in [0.2, 0.25) is 0 Å². The average molecular weight is 387 g/mol. The van der Waals surface area contributed by atoms with Gasteiger partial charge in [0.05, 0.1) is 11.9 Å². The highest BCUT2D eigenvalue weighted by atomic mass is 16.3. The third-order valence-corrected chi connectivity index (χ3v) is 4.88. The Hall–Kier alpha value is -3.38. The lowest BCUT2D eigenvalue weighted by molar-refractivity contribution is 0.416. The fourth-order valence-corrected chi connectivity index (χ4v) is 3.16. The summed E-state index contributed by atoms with van der Waals surface area (Å²) in [4.78, 5) is 13.1. The molecule has 0 bridgehead atoms. The number of likely N-dealkylation sites (N-methyl/N-ethyl adjacent to an activating group) is 2. The number of aromatic nitrogens is 2. The second-order valence-electron chi connectivity index (χ2n) is 7.35. The van der Waals surface area contributed by atoms with E-state index in [1.165, 1.54) is 5.69 Å². The Morgan fingerprint density at radius 2 is 1.69 bits per heavy atom. The van der Waals surface area contributed by atoms with Crippen LogP contribution in [0.15, 0.2) is 71.7 Å². The van der Waals surface area contributed by atoms with Crippen LogP contribution in [0.4, 0.5) is 17.1 Å². The van der Waals surface area contributed by atoms with Crippen LogP contribution in [0.3, 0.4) is 0 Å². The van der Waals surface area contributed by atoms with Crippen LogP contribution in [0.25, 0.3) is 22.2 Å². The van der Waals surface area contributed by atoms with Crippen LogP contribution in [-0.2, 0) is 0 Å². The van der Waals surface area contributed by atoms with E-state index >= 15 is 0 Å². The third-order valence-electron chi connectivity index (χ3n) is 4.88. The number of benzene rings is 1. The van der Waals surface area contributed by atoms with Gasteiger partial charge in [-0.25, -0.2) is 0 Å². The van der Waals surface area contributed by atoms with Gasteiger partial charge in [0, 0.05) is 55.5 Å². The van der Waals surface area contributed by atoms with E-state index in [1.54, 1.807) is 18.7 Å². The number of hydrogen-bond donors (Lipinski definition) is 1. The minimum atomic E-state index is 0.752. The zero-order valence-electron chi connectivity index (χ0n) is 17.0. The third kappa shape index (κ3) is 4.38. The maximum atomic E-state index is 5.75. The van der Waals surface area contributed by atoms with Gasteiger partial charge in [-0.2, -0.15) is 0 Å². The molecule has 3 aromatic heterocycles. The normalized spacial score (nSPS) is 11.2. The van der Waals surface area contributed by atoms with Gasteiger partial charge in [-0.3, -0.25) is 9.97 Å². The molecular weight excluding hydrogens is 362 g/mol. The molecule has 0 amide bonds. The summed E-state index contributed by atoms with van der Waals surface area (Å²) in [6.07, 6.45) is 7.12. The van der Waals surface area contributed by atoms with E-state index in [0.717, 1.165) is 46.7 Å². The molecule has 4 aromatic rings. The van der Waals surface area contributed by atoms with Crippen LogP contribution in [0.1, 0.15) is 0 Å². The molecule has 0 aliphatic rings. The molecule has 1 aromatic carbocycles. The summed E-state index contributed by atoms with van der Waals surface area (Å²) in [5, 5.41) is 3.40. The van der Waals surface area contributed by atoms with Crippen molar-refractivity contribution < 1.29 is 4.42 Å². The second kappa shape index (κ2) is 8.32. The molecule has 0 fully saturated rings. The van der Waals surface area contributed by atoms with Crippen LogP contribution in [0.5, 0.6) is 0 Å². The van der Waals surface area contributed by atoms with Gasteiger partial charge in [0.25, 0.3) is 0 Å². The Balaban J connectivity index is 1.48. The van der Waals surface area contributed by atoms with E-state index in [0.29, 0.717) is 0 Å². The Morgan fingerprint density at radius 3 is 2.41 bits per heavy atom. The van der Waals surface area contributed by atoms with Crippen LogP contribution in [0.2, 0.25) is 0 Å². The fourth-order valence-electron chi connectivity index (χ4n) is 3.16. The van der Waals surface area contributed by atoms with Crippen molar-refractivity contribution in [1.29, 1.82) is 0 Å². The quantitative estimate of drug-likeness (QED) is 0.499. The predicted molar refractivity (Wildman–Crippen MR) is 119 cm³/mol. The smallest absolute Gasteiger partial charge is 0.155 e. The zero-order valence-corrected chi connectivity index (χ0v) is 17.0. The van der Waals surface area contributed by atoms with Gasteiger partial charge < -0.3 is 19.5 Å². The van der Waals surface area contributed by atoms with Crippen molar-refractivity contribution in [1.82, 2.24) is 14.9 Å². The Labute approximate surface area is 170 Å². The van der Waals surface area contributed by atoms with Crippen molar-refractivity contribution in [3.05, 3.63) is 67.3 Å². The molecule has 0 aliphatic carbocycles. The van der Waals surface area contributed by atoms with E-state index in [4.69, 9.17) is 4.42 Å². The Bertz CT molecular complexity index is 1070. The SMILES string of the molecule is CN(C)CCN(C)c1ccc(Nc2cnc3c(-c4ccncc4)coc3c2)cc1. The van der Waals surface area contributed by atoms with E-state index in [2.05, 4.69) is 70.5 Å². The fraction of sp³-hybridized carbons (Fsp3) is 0.217. The van der Waals surface area contributed by atoms with E-state index in [-0.39, 0.29) is 0 Å². The summed E-state index contributed by atoms with van der Waals surface area (Å²) in [6, 6.07) is 14.3. The first-order valence-electron chi connectivity index (χ1n) is 9.61. The minimum Gasteiger partial charge on any atom is -0.462 e. The van der Waals surface area contributed by atoms with Gasteiger partial charge in [-0.05, 0) is 56.1 Å². The van der Waals surface area contributed by atoms with Crippen molar-refractivity contribution >= 4 is 28.2 Å². The number of hydrogen-bond acceptors (Lipinski definition) is 6. The second-order valence-corrected chi connectivity index (χ2v) is 7.35. The standard InChI is InChI=1S/C23H25N5O/c1-27(2)12-13-28(3)20-6-4-18(5-7-20)26-19-14-22-23(25-15-19)21(16-29-22)17-8-10-24-11-9-17/h4-11,14-16,26H,12-13H2,1-3H3. The van der Waals surface area contributed by atoms with Crippen molar-refractivity contribution in [3.63, 3.8) is 0 Å². The molecule has 6 nitrogen and oxygen atoms in total. The number of nitrogens with zero attached hydrogens (tertiary/aromatic N) is 4. The Kier molecular flexibility index (Phi) is 5.44. The number of pyridine rings is 2. The van der Waals surface area contributed by atoms with Crippen LogP contribution in [0, 0.1) is 0 Å². The highest BCUT2D eigenvalue weighted by Crippen LogP contribution is 2.31. The number of anilines is 3. The van der Waals surface area contributed by atoms with Crippen molar-refractivity contribution in [2.24, 2.45) is 0 Å². The molecule has 0 radical (unpaired) electrons. The van der Waals surface area contributed by atoms with Gasteiger partial charge in [0.1, 0.15) is 11.8 Å². The van der Waals surface area contributed by atoms with Crippen LogP contribution in [-0.4, -0.2) is 49.1 Å². The summed E-state index contributed by atoms with van der Waals surface area (Å²) < 4.78 is 5.75. The minimum absolute atomic E-state index is 0.752. The predicted octanol–water partition coefficient (Wildman–Crippen LogP) is 4.63. The largest absolute Gasteiger partial charge is 0.462 e. The molecule has 4 rings (SSSR count). The first-order chi connectivity index (χ1) is 14.1. The molecule has 0 saturated carbocycles. The summed E-state index contributed by atoms with van der Waals surface area (Å²) in [7, 11) is 6.29. The highest BCUT2D eigenvalue weighted by Gasteiger charge is 2.10. The molecule has 29 heavy (non-hydrogen) atoms. The van der Waals surface area contributed by atoms with Gasteiger partial charge in [0.15, 0.2) is 5.58 Å². The lowest BCUT2D eigenvalue weighted by Gasteiger charge is -2.21. The topological polar surface area (TPSA) is 57.4 Å². The summed E-state index contributed by atoms with van der Waals surface area (Å²) in [5.74, 6) is 0. The van der Waals surface area contributed by atoms with Gasteiger partial charge >= 0.3 is 0 Å². The number of fused-ring (bicyclic) bond motifs is 1. The number of nitrogens with one attached hydrogen (secondary N) is 1. The molecule has 0 spiro atoms. The number of rotatable bonds is 7. The van der Waals surface area contributed by atoms with Crippen molar-refractivity contribution in [3.8, 4) is 11.1 Å². The zero-order chi connectivity index (χ0) is 20.2. The summed E-state index contributed by atoms with van der Waals surface area (Å²) in [5.41, 5.74) is 6.71. The molecule has 0 saturated heterocycles. The monoisotopic (exact) mass is 387 g/mol. The molecule has 148 valence electrons. The van der Waals surface area contributed by atoms with Gasteiger partial charge in [-0.1, -0.05) is 0 Å². The van der Waals surface area contributed by atoms with Gasteiger partial charge in [-0.15, -0.1) is 0 Å². The maximum absolute atomic E-state index is 5.75. The Morgan fingerprint density at radius 1 is 0.931 bits per heavy atom. The van der Waals surface area contributed by atoms with E-state index in [1.807, 2.05) is 24.4 Å². The van der Waals surface area contributed by atoms with Crippen LogP contribution < -0.4 is 10.2 Å². The molecular formula is C23H25N5O. The highest BCUT2D eigenvalue weighted by molar-refractivity contribution is 5.92. The molecule has 0 unspecified atom stereocenters. The van der Waals surface area contributed by atoms with Crippen LogP contribution >= 0.6 is 0 Å².